The summed E-state index contributed by atoms with van der Waals surface area (Å²) in [5.41, 5.74) is 0.127. The molecule has 0 aromatic heterocycles. The van der Waals surface area contributed by atoms with Gasteiger partial charge in [0.15, 0.2) is 11.6 Å². The normalized spacial score (nSPS) is 19.6. The molecule has 1 atom stereocenters. The minimum atomic E-state index is -0.625. The summed E-state index contributed by atoms with van der Waals surface area (Å²) in [6, 6.07) is 4.17. The van der Waals surface area contributed by atoms with E-state index in [0.29, 0.717) is 4.47 Å². The SMILES string of the molecule is CC1OCC(=O)C=C1C(=O)c1ccc(Br)cc1F. The van der Waals surface area contributed by atoms with E-state index >= 15 is 0 Å². The molecule has 0 radical (unpaired) electrons. The maximum Gasteiger partial charge on any atom is 0.194 e. The van der Waals surface area contributed by atoms with Crippen molar-refractivity contribution in [1.82, 2.24) is 0 Å². The molecular weight excluding hydrogens is 303 g/mol. The van der Waals surface area contributed by atoms with Crippen molar-refractivity contribution in [2.45, 2.75) is 13.0 Å². The zero-order valence-corrected chi connectivity index (χ0v) is 11.2. The van der Waals surface area contributed by atoms with Gasteiger partial charge in [0, 0.05) is 10.0 Å². The van der Waals surface area contributed by atoms with Crippen LogP contribution in [0.3, 0.4) is 0 Å². The number of rotatable bonds is 2. The average Bonchev–Trinajstić information content (AvgIpc) is 2.31. The second kappa shape index (κ2) is 5.12. The predicted molar refractivity (Wildman–Crippen MR) is 66.9 cm³/mol. The molecule has 0 amide bonds. The molecule has 0 saturated carbocycles. The van der Waals surface area contributed by atoms with Crippen LogP contribution in [0.15, 0.2) is 34.3 Å². The fourth-order valence-corrected chi connectivity index (χ4v) is 2.04. The van der Waals surface area contributed by atoms with Gasteiger partial charge in [-0.2, -0.15) is 0 Å². The smallest absolute Gasteiger partial charge is 0.194 e. The minimum Gasteiger partial charge on any atom is -0.366 e. The van der Waals surface area contributed by atoms with Crippen molar-refractivity contribution in [1.29, 1.82) is 0 Å². The lowest BCUT2D eigenvalue weighted by Crippen LogP contribution is -2.28. The minimum absolute atomic E-state index is 0.0409. The van der Waals surface area contributed by atoms with Crippen LogP contribution in [-0.4, -0.2) is 24.3 Å². The molecule has 0 aliphatic carbocycles. The monoisotopic (exact) mass is 312 g/mol. The summed E-state index contributed by atoms with van der Waals surface area (Å²) in [5.74, 6) is -1.42. The van der Waals surface area contributed by atoms with Gasteiger partial charge in [-0.05, 0) is 31.2 Å². The summed E-state index contributed by atoms with van der Waals surface area (Å²) in [6.07, 6.45) is 0.732. The summed E-state index contributed by atoms with van der Waals surface area (Å²) < 4.78 is 19.4. The van der Waals surface area contributed by atoms with Crippen LogP contribution in [0.4, 0.5) is 4.39 Å². The first kappa shape index (κ1) is 13.1. The Morgan fingerprint density at radius 1 is 1.50 bits per heavy atom. The highest BCUT2D eigenvalue weighted by Crippen LogP contribution is 2.22. The van der Waals surface area contributed by atoms with E-state index in [1.165, 1.54) is 18.2 Å². The number of Topliss-reactive ketones (excluding diaryl/α,β-unsaturated/α-hetero) is 1. The van der Waals surface area contributed by atoms with Crippen molar-refractivity contribution in [3.8, 4) is 0 Å². The molecule has 1 aromatic rings. The van der Waals surface area contributed by atoms with Crippen LogP contribution in [0.1, 0.15) is 17.3 Å². The largest absolute Gasteiger partial charge is 0.366 e. The second-order valence-electron chi connectivity index (χ2n) is 3.97. The number of halogens is 2. The zero-order chi connectivity index (χ0) is 13.3. The highest BCUT2D eigenvalue weighted by Gasteiger charge is 2.26. The van der Waals surface area contributed by atoms with Crippen LogP contribution in [0.5, 0.6) is 0 Å². The van der Waals surface area contributed by atoms with E-state index in [2.05, 4.69) is 15.9 Å². The topological polar surface area (TPSA) is 43.4 Å². The molecule has 1 unspecified atom stereocenters. The summed E-state index contributed by atoms with van der Waals surface area (Å²) >= 11 is 3.12. The highest BCUT2D eigenvalue weighted by atomic mass is 79.9. The van der Waals surface area contributed by atoms with E-state index in [1.807, 2.05) is 0 Å². The van der Waals surface area contributed by atoms with E-state index in [4.69, 9.17) is 4.74 Å². The van der Waals surface area contributed by atoms with Crippen LogP contribution in [0.2, 0.25) is 0 Å². The molecule has 0 spiro atoms. The Kier molecular flexibility index (Phi) is 3.73. The van der Waals surface area contributed by atoms with Crippen LogP contribution in [-0.2, 0) is 9.53 Å². The number of ether oxygens (including phenoxy) is 1. The molecule has 1 heterocycles. The number of ketones is 2. The molecule has 0 bridgehead atoms. The maximum absolute atomic E-state index is 13.7. The molecule has 0 fully saturated rings. The van der Waals surface area contributed by atoms with Gasteiger partial charge in [-0.1, -0.05) is 15.9 Å². The first-order chi connectivity index (χ1) is 8.49. The summed E-state index contributed by atoms with van der Waals surface area (Å²) in [6.45, 7) is 1.62. The van der Waals surface area contributed by atoms with Crippen LogP contribution < -0.4 is 0 Å². The first-order valence-electron chi connectivity index (χ1n) is 5.35. The van der Waals surface area contributed by atoms with E-state index in [1.54, 1.807) is 13.0 Å². The third-order valence-corrected chi connectivity index (χ3v) is 3.16. The van der Waals surface area contributed by atoms with Gasteiger partial charge in [0.1, 0.15) is 12.4 Å². The van der Waals surface area contributed by atoms with Gasteiger partial charge in [0.2, 0.25) is 0 Å². The molecule has 5 heteroatoms. The fourth-order valence-electron chi connectivity index (χ4n) is 1.71. The second-order valence-corrected chi connectivity index (χ2v) is 4.89. The molecule has 0 N–H and O–H groups in total. The average molecular weight is 313 g/mol. The Hall–Kier alpha value is -1.33. The maximum atomic E-state index is 13.7. The number of benzene rings is 1. The zero-order valence-electron chi connectivity index (χ0n) is 9.57. The number of hydrogen-bond acceptors (Lipinski definition) is 3. The standard InChI is InChI=1S/C13H10BrFO3/c1-7-11(5-9(16)6-18-7)13(17)10-3-2-8(14)4-12(10)15/h2-5,7H,6H2,1H3. The summed E-state index contributed by atoms with van der Waals surface area (Å²) in [5, 5.41) is 0. The molecular formula is C13H10BrFO3. The molecule has 18 heavy (non-hydrogen) atoms. The van der Waals surface area contributed by atoms with Gasteiger partial charge >= 0.3 is 0 Å². The number of carbonyl (C=O) groups is 2. The Balaban J connectivity index is 2.39. The lowest BCUT2D eigenvalue weighted by atomic mass is 9.96. The molecule has 3 nitrogen and oxygen atoms in total. The molecule has 2 rings (SSSR count). The number of hydrogen-bond donors (Lipinski definition) is 0. The van der Waals surface area contributed by atoms with Crippen molar-refractivity contribution >= 4 is 27.5 Å². The van der Waals surface area contributed by atoms with Crippen molar-refractivity contribution in [2.24, 2.45) is 0 Å². The molecule has 1 aliphatic rings. The van der Waals surface area contributed by atoms with Crippen molar-refractivity contribution in [2.75, 3.05) is 6.61 Å². The van der Waals surface area contributed by atoms with Gasteiger partial charge in [-0.15, -0.1) is 0 Å². The van der Waals surface area contributed by atoms with Gasteiger partial charge in [0.25, 0.3) is 0 Å². The van der Waals surface area contributed by atoms with E-state index < -0.39 is 17.7 Å². The van der Waals surface area contributed by atoms with E-state index in [9.17, 15) is 14.0 Å². The molecule has 94 valence electrons. The van der Waals surface area contributed by atoms with Crippen LogP contribution in [0, 0.1) is 5.82 Å². The van der Waals surface area contributed by atoms with E-state index in [0.717, 1.165) is 0 Å². The van der Waals surface area contributed by atoms with Gasteiger partial charge < -0.3 is 4.74 Å². The third kappa shape index (κ3) is 2.57. The van der Waals surface area contributed by atoms with Gasteiger partial charge in [-0.25, -0.2) is 4.39 Å². The van der Waals surface area contributed by atoms with Crippen molar-refractivity contribution < 1.29 is 18.7 Å². The Labute approximate surface area is 112 Å². The molecule has 0 saturated heterocycles. The molecule has 1 aliphatic heterocycles. The number of carbonyl (C=O) groups excluding carboxylic acids is 2. The van der Waals surface area contributed by atoms with E-state index in [-0.39, 0.29) is 23.5 Å². The predicted octanol–water partition coefficient (Wildman–Crippen LogP) is 2.69. The summed E-state index contributed by atoms with van der Waals surface area (Å²) in [7, 11) is 0. The third-order valence-electron chi connectivity index (χ3n) is 2.67. The Morgan fingerprint density at radius 2 is 2.22 bits per heavy atom. The fraction of sp³-hybridized carbons (Fsp3) is 0.231. The molecule has 1 aromatic carbocycles. The van der Waals surface area contributed by atoms with Crippen LogP contribution >= 0.6 is 15.9 Å². The Bertz CT molecular complexity index is 551. The van der Waals surface area contributed by atoms with Gasteiger partial charge in [0.05, 0.1) is 11.7 Å². The highest BCUT2D eigenvalue weighted by molar-refractivity contribution is 9.10. The lowest BCUT2D eigenvalue weighted by molar-refractivity contribution is -0.121. The van der Waals surface area contributed by atoms with Crippen LogP contribution in [0.25, 0.3) is 0 Å². The Morgan fingerprint density at radius 3 is 2.89 bits per heavy atom. The van der Waals surface area contributed by atoms with Gasteiger partial charge in [-0.3, -0.25) is 9.59 Å². The summed E-state index contributed by atoms with van der Waals surface area (Å²) in [4.78, 5) is 23.4. The first-order valence-corrected chi connectivity index (χ1v) is 6.14. The lowest BCUT2D eigenvalue weighted by Gasteiger charge is -2.19. The quantitative estimate of drug-likeness (QED) is 0.789. The van der Waals surface area contributed by atoms with Crippen molar-refractivity contribution in [3.63, 3.8) is 0 Å². The van der Waals surface area contributed by atoms with Crippen molar-refractivity contribution in [3.05, 3.63) is 45.7 Å².